The zero-order valence-electron chi connectivity index (χ0n) is 18.3. The molecular weight excluding hydrogens is 511 g/mol. The van der Waals surface area contributed by atoms with Crippen molar-refractivity contribution < 1.29 is 22.8 Å². The zero-order chi connectivity index (χ0) is 24.9. The van der Waals surface area contributed by atoms with Crippen LogP contribution in [0.15, 0.2) is 76.9 Å². The number of amides is 2. The molecule has 2 aromatic carbocycles. The SMILES string of the molecule is CC(C)c1ccc(/C=C(\C(=O)Nc2cccc(C(F)(F)F)c2)C(=O)Nc2cccc(Br)n2)cc1. The van der Waals surface area contributed by atoms with E-state index in [1.54, 1.807) is 30.3 Å². The van der Waals surface area contributed by atoms with Crippen molar-refractivity contribution >= 4 is 45.3 Å². The molecule has 0 aliphatic carbocycles. The summed E-state index contributed by atoms with van der Waals surface area (Å²) in [6.07, 6.45) is -3.19. The summed E-state index contributed by atoms with van der Waals surface area (Å²) >= 11 is 3.21. The van der Waals surface area contributed by atoms with Crippen LogP contribution in [0.25, 0.3) is 6.08 Å². The third-order valence-corrected chi connectivity index (χ3v) is 5.25. The Hall–Kier alpha value is -3.46. The first kappa shape index (κ1) is 25.2. The molecular formula is C25H21BrF3N3O2. The Morgan fingerprint density at radius 2 is 1.59 bits per heavy atom. The maximum absolute atomic E-state index is 13.0. The first-order valence-corrected chi connectivity index (χ1v) is 11.1. The summed E-state index contributed by atoms with van der Waals surface area (Å²) in [7, 11) is 0. The van der Waals surface area contributed by atoms with Crippen LogP contribution in [-0.2, 0) is 15.8 Å². The predicted octanol–water partition coefficient (Wildman–Crippen LogP) is 6.65. The van der Waals surface area contributed by atoms with Crippen molar-refractivity contribution in [1.29, 1.82) is 0 Å². The molecule has 2 N–H and O–H groups in total. The summed E-state index contributed by atoms with van der Waals surface area (Å²) in [5.41, 5.74) is 0.361. The Morgan fingerprint density at radius 3 is 2.21 bits per heavy atom. The minimum Gasteiger partial charge on any atom is -0.322 e. The highest BCUT2D eigenvalue weighted by atomic mass is 79.9. The lowest BCUT2D eigenvalue weighted by Gasteiger charge is -2.12. The van der Waals surface area contributed by atoms with E-state index in [0.29, 0.717) is 16.1 Å². The molecule has 9 heteroatoms. The second-order valence-corrected chi connectivity index (χ2v) is 8.52. The van der Waals surface area contributed by atoms with E-state index < -0.39 is 23.6 Å². The normalized spacial score (nSPS) is 11.9. The largest absolute Gasteiger partial charge is 0.416 e. The van der Waals surface area contributed by atoms with Gasteiger partial charge in [-0.3, -0.25) is 9.59 Å². The molecule has 0 unspecified atom stereocenters. The van der Waals surface area contributed by atoms with E-state index in [9.17, 15) is 22.8 Å². The van der Waals surface area contributed by atoms with Crippen LogP contribution in [0, 0.1) is 0 Å². The molecule has 176 valence electrons. The number of aromatic nitrogens is 1. The standard InChI is InChI=1S/C25H21BrF3N3O2/c1-15(2)17-11-9-16(10-12-17)13-20(24(34)32-22-8-4-7-21(26)31-22)23(33)30-19-6-3-5-18(14-19)25(27,28)29/h3-15H,1-2H3,(H,30,33)(H,31,32,34)/b20-13+. The number of pyridine rings is 1. The molecule has 0 spiro atoms. The van der Waals surface area contributed by atoms with Gasteiger partial charge in [0.2, 0.25) is 0 Å². The maximum Gasteiger partial charge on any atom is 0.416 e. The Bertz CT molecular complexity index is 1220. The first-order chi connectivity index (χ1) is 16.0. The van der Waals surface area contributed by atoms with Crippen molar-refractivity contribution in [2.24, 2.45) is 0 Å². The Balaban J connectivity index is 1.93. The molecule has 0 bridgehead atoms. The average molecular weight is 532 g/mol. The minimum absolute atomic E-state index is 0.0886. The monoisotopic (exact) mass is 531 g/mol. The molecule has 0 aliphatic heterocycles. The number of nitrogens with one attached hydrogen (secondary N) is 2. The molecule has 0 saturated heterocycles. The topological polar surface area (TPSA) is 71.1 Å². The number of nitrogens with zero attached hydrogens (tertiary/aromatic N) is 1. The maximum atomic E-state index is 13.0. The summed E-state index contributed by atoms with van der Waals surface area (Å²) in [6, 6.07) is 16.4. The van der Waals surface area contributed by atoms with E-state index in [1.165, 1.54) is 18.2 Å². The van der Waals surface area contributed by atoms with Crippen LogP contribution < -0.4 is 10.6 Å². The average Bonchev–Trinajstić information content (AvgIpc) is 2.77. The van der Waals surface area contributed by atoms with Gasteiger partial charge < -0.3 is 10.6 Å². The van der Waals surface area contributed by atoms with Crippen LogP contribution in [0.5, 0.6) is 0 Å². The van der Waals surface area contributed by atoms with Crippen molar-refractivity contribution in [1.82, 2.24) is 4.98 Å². The van der Waals surface area contributed by atoms with E-state index in [-0.39, 0.29) is 17.1 Å². The third kappa shape index (κ3) is 6.77. The quantitative estimate of drug-likeness (QED) is 0.162. The molecule has 3 rings (SSSR count). The summed E-state index contributed by atoms with van der Waals surface area (Å²) < 4.78 is 39.6. The van der Waals surface area contributed by atoms with Gasteiger partial charge in [0.05, 0.1) is 5.56 Å². The van der Waals surface area contributed by atoms with Crippen LogP contribution in [0.4, 0.5) is 24.7 Å². The van der Waals surface area contributed by atoms with Crippen molar-refractivity contribution in [2.75, 3.05) is 10.6 Å². The minimum atomic E-state index is -4.57. The number of rotatable bonds is 6. The number of carbonyl (C=O) groups excluding carboxylic acids is 2. The number of hydrogen-bond acceptors (Lipinski definition) is 3. The van der Waals surface area contributed by atoms with E-state index in [1.807, 2.05) is 26.0 Å². The summed E-state index contributed by atoms with van der Waals surface area (Å²) in [6.45, 7) is 4.08. The zero-order valence-corrected chi connectivity index (χ0v) is 19.9. The highest BCUT2D eigenvalue weighted by Gasteiger charge is 2.30. The van der Waals surface area contributed by atoms with Gasteiger partial charge in [-0.25, -0.2) is 4.98 Å². The van der Waals surface area contributed by atoms with Crippen molar-refractivity contribution in [2.45, 2.75) is 25.9 Å². The van der Waals surface area contributed by atoms with Gasteiger partial charge in [0.25, 0.3) is 11.8 Å². The van der Waals surface area contributed by atoms with Gasteiger partial charge in [-0.1, -0.05) is 50.2 Å². The molecule has 2 amide bonds. The number of halogens is 4. The van der Waals surface area contributed by atoms with Crippen molar-refractivity contribution in [3.63, 3.8) is 0 Å². The lowest BCUT2D eigenvalue weighted by atomic mass is 10.0. The fourth-order valence-electron chi connectivity index (χ4n) is 3.01. The molecule has 0 aliphatic rings. The molecule has 3 aromatic rings. The van der Waals surface area contributed by atoms with Crippen LogP contribution in [0.1, 0.15) is 36.5 Å². The number of anilines is 2. The van der Waals surface area contributed by atoms with Crippen LogP contribution in [0.3, 0.4) is 0 Å². The molecule has 5 nitrogen and oxygen atoms in total. The fourth-order valence-corrected chi connectivity index (χ4v) is 3.35. The molecule has 1 heterocycles. The molecule has 1 aromatic heterocycles. The number of alkyl halides is 3. The van der Waals surface area contributed by atoms with Crippen LogP contribution in [0.2, 0.25) is 0 Å². The van der Waals surface area contributed by atoms with E-state index in [4.69, 9.17) is 0 Å². The highest BCUT2D eigenvalue weighted by molar-refractivity contribution is 9.10. The smallest absolute Gasteiger partial charge is 0.322 e. The van der Waals surface area contributed by atoms with Gasteiger partial charge in [0.15, 0.2) is 0 Å². The predicted molar refractivity (Wildman–Crippen MR) is 129 cm³/mol. The van der Waals surface area contributed by atoms with Gasteiger partial charge in [0, 0.05) is 5.69 Å². The summed E-state index contributed by atoms with van der Waals surface area (Å²) in [4.78, 5) is 30.1. The van der Waals surface area contributed by atoms with Gasteiger partial charge in [-0.05, 0) is 69.4 Å². The van der Waals surface area contributed by atoms with Crippen LogP contribution >= 0.6 is 15.9 Å². The van der Waals surface area contributed by atoms with E-state index in [0.717, 1.165) is 17.7 Å². The molecule has 34 heavy (non-hydrogen) atoms. The lowest BCUT2D eigenvalue weighted by molar-refractivity contribution is -0.137. The van der Waals surface area contributed by atoms with Crippen molar-refractivity contribution in [3.8, 4) is 0 Å². The number of hydrogen-bond donors (Lipinski definition) is 2. The second kappa shape index (κ2) is 10.6. The first-order valence-electron chi connectivity index (χ1n) is 10.3. The number of carbonyl (C=O) groups is 2. The Labute approximate surface area is 203 Å². The molecule has 0 radical (unpaired) electrons. The van der Waals surface area contributed by atoms with E-state index >= 15 is 0 Å². The van der Waals surface area contributed by atoms with Gasteiger partial charge >= 0.3 is 6.18 Å². The van der Waals surface area contributed by atoms with E-state index in [2.05, 4.69) is 31.5 Å². The molecule has 0 atom stereocenters. The Morgan fingerprint density at radius 1 is 0.941 bits per heavy atom. The Kier molecular flexibility index (Phi) is 7.88. The third-order valence-electron chi connectivity index (χ3n) is 4.81. The van der Waals surface area contributed by atoms with Gasteiger partial charge in [0.1, 0.15) is 16.0 Å². The van der Waals surface area contributed by atoms with Crippen LogP contribution in [-0.4, -0.2) is 16.8 Å². The van der Waals surface area contributed by atoms with Gasteiger partial charge in [-0.15, -0.1) is 0 Å². The highest BCUT2D eigenvalue weighted by Crippen LogP contribution is 2.30. The van der Waals surface area contributed by atoms with Gasteiger partial charge in [-0.2, -0.15) is 13.2 Å². The second-order valence-electron chi connectivity index (χ2n) is 7.71. The molecule has 0 fully saturated rings. The summed E-state index contributed by atoms with van der Waals surface area (Å²) in [5, 5.41) is 4.93. The number of benzene rings is 2. The fraction of sp³-hybridized carbons (Fsp3) is 0.160. The van der Waals surface area contributed by atoms with Crippen molar-refractivity contribution in [3.05, 3.63) is 93.6 Å². The summed E-state index contributed by atoms with van der Waals surface area (Å²) in [5.74, 6) is -1.12. The molecule has 0 saturated carbocycles. The lowest BCUT2D eigenvalue weighted by Crippen LogP contribution is -2.25.